The van der Waals surface area contributed by atoms with Gasteiger partial charge in [-0.3, -0.25) is 9.11 Å². The van der Waals surface area contributed by atoms with Crippen LogP contribution < -0.4 is 0 Å². The van der Waals surface area contributed by atoms with E-state index in [2.05, 4.69) is 4.18 Å². The molecule has 0 fully saturated rings. The van der Waals surface area contributed by atoms with Crippen molar-refractivity contribution in [3.63, 3.8) is 0 Å². The smallest absolute Gasteiger partial charge is 0.339 e. The lowest BCUT2D eigenvalue weighted by atomic mass is 10.8. The quantitative estimate of drug-likeness (QED) is 0.399. The van der Waals surface area contributed by atoms with Gasteiger partial charge in [0.1, 0.15) is 5.75 Å². The largest absolute Gasteiger partial charge is 0.344 e. The number of hydrogen-bond acceptors (Lipinski definition) is 8. The summed E-state index contributed by atoms with van der Waals surface area (Å²) in [4.78, 5) is 10.6. The summed E-state index contributed by atoms with van der Waals surface area (Å²) in [7, 11) is -14.0. The predicted molar refractivity (Wildman–Crippen MR) is 52.7 cm³/mol. The maximum atomic E-state index is 10.9. The summed E-state index contributed by atoms with van der Waals surface area (Å²) in [5.74, 6) is -5.82. The Kier molecular flexibility index (Phi) is 5.02. The van der Waals surface area contributed by atoms with Crippen LogP contribution in [0.15, 0.2) is 0 Å². The van der Waals surface area contributed by atoms with Crippen LogP contribution in [0.4, 0.5) is 0 Å². The molecule has 0 aliphatic carbocycles. The lowest BCUT2D eigenvalue weighted by Crippen LogP contribution is -2.25. The van der Waals surface area contributed by atoms with E-state index in [0.717, 1.165) is 0 Å². The normalized spacial score (nSPS) is 13.3. The maximum absolute atomic E-state index is 10.9. The molecule has 0 aliphatic heterocycles. The number of hydrogen-bond donors (Lipinski definition) is 2. The van der Waals surface area contributed by atoms with Crippen molar-refractivity contribution in [3.8, 4) is 0 Å². The third kappa shape index (κ3) is 10.1. The second-order valence-electron chi connectivity index (χ2n) is 2.73. The van der Waals surface area contributed by atoms with Gasteiger partial charge in [0.15, 0.2) is 5.75 Å². The van der Waals surface area contributed by atoms with Gasteiger partial charge in [-0.2, -0.15) is 25.3 Å². The van der Waals surface area contributed by atoms with E-state index < -0.39 is 53.6 Å². The Labute approximate surface area is 97.2 Å². The average molecular weight is 312 g/mol. The highest BCUT2D eigenvalue weighted by molar-refractivity contribution is 7.90. The van der Waals surface area contributed by atoms with Crippen LogP contribution in [0.5, 0.6) is 0 Å². The Morgan fingerprint density at radius 2 is 1.35 bits per heavy atom. The summed E-state index contributed by atoms with van der Waals surface area (Å²) in [6.07, 6.45) is 0. The molecule has 0 aromatic heterocycles. The number of carbonyl (C=O) groups is 1. The molecule has 0 saturated heterocycles. The highest BCUT2D eigenvalue weighted by atomic mass is 32.2. The standard InChI is InChI=1S/C4H8O10S3/c5-4(3-16(9,10)11)14-17(12,13)2-1-15(6,7)8/h1-3H2,(H,6,7,8)(H,9,10,11). The maximum Gasteiger partial charge on any atom is 0.339 e. The van der Waals surface area contributed by atoms with E-state index >= 15 is 0 Å². The van der Waals surface area contributed by atoms with Gasteiger partial charge in [-0.1, -0.05) is 0 Å². The van der Waals surface area contributed by atoms with Gasteiger partial charge in [-0.25, -0.2) is 4.79 Å². The molecule has 0 atom stereocenters. The SMILES string of the molecule is O=C(CS(=O)(=O)O)OS(=O)(=O)CCS(=O)(=O)O. The molecule has 2 N–H and O–H groups in total. The van der Waals surface area contributed by atoms with Crippen LogP contribution in [0.1, 0.15) is 0 Å². The van der Waals surface area contributed by atoms with Crippen LogP contribution in [0.2, 0.25) is 0 Å². The summed E-state index contributed by atoms with van der Waals surface area (Å²) in [6.45, 7) is 0. The molecule has 17 heavy (non-hydrogen) atoms. The van der Waals surface area contributed by atoms with E-state index in [1.165, 1.54) is 0 Å². The first-order valence-corrected chi connectivity index (χ1v) is 8.46. The highest BCUT2D eigenvalue weighted by Crippen LogP contribution is 1.98. The number of carbonyl (C=O) groups excluding carboxylic acids is 1. The second kappa shape index (κ2) is 5.26. The zero-order valence-electron chi connectivity index (χ0n) is 8.01. The number of rotatable bonds is 6. The van der Waals surface area contributed by atoms with Crippen molar-refractivity contribution < 1.29 is 43.3 Å². The molecule has 0 aliphatic rings. The van der Waals surface area contributed by atoms with Gasteiger partial charge < -0.3 is 4.18 Å². The fraction of sp³-hybridized carbons (Fsp3) is 0.750. The predicted octanol–water partition coefficient (Wildman–Crippen LogP) is -2.36. The molecular formula is C4H8O10S3. The van der Waals surface area contributed by atoms with Crippen LogP contribution >= 0.6 is 0 Å². The molecule has 0 unspecified atom stereocenters. The molecule has 0 saturated carbocycles. The van der Waals surface area contributed by atoms with Crippen LogP contribution in [0, 0.1) is 0 Å². The van der Waals surface area contributed by atoms with Crippen LogP contribution in [0.3, 0.4) is 0 Å². The van der Waals surface area contributed by atoms with Gasteiger partial charge in [0, 0.05) is 0 Å². The first-order chi connectivity index (χ1) is 7.31. The molecule has 0 bridgehead atoms. The lowest BCUT2D eigenvalue weighted by Gasteiger charge is -2.03. The Morgan fingerprint density at radius 1 is 0.882 bits per heavy atom. The summed E-state index contributed by atoms with van der Waals surface area (Å²) >= 11 is 0. The van der Waals surface area contributed by atoms with Crippen LogP contribution in [-0.2, 0) is 39.3 Å². The van der Waals surface area contributed by atoms with E-state index in [9.17, 15) is 30.0 Å². The van der Waals surface area contributed by atoms with Crippen LogP contribution in [-0.4, -0.2) is 57.6 Å². The van der Waals surface area contributed by atoms with E-state index in [0.29, 0.717) is 0 Å². The fourth-order valence-electron chi connectivity index (χ4n) is 0.564. The van der Waals surface area contributed by atoms with E-state index in [1.54, 1.807) is 0 Å². The Balaban J connectivity index is 4.53. The van der Waals surface area contributed by atoms with Gasteiger partial charge >= 0.3 is 16.1 Å². The molecule has 0 aromatic rings. The van der Waals surface area contributed by atoms with E-state index in [1.807, 2.05) is 0 Å². The lowest BCUT2D eigenvalue weighted by molar-refractivity contribution is -0.131. The summed E-state index contributed by atoms with van der Waals surface area (Å²) < 4.78 is 82.6. The van der Waals surface area contributed by atoms with Crippen molar-refractivity contribution in [2.24, 2.45) is 0 Å². The van der Waals surface area contributed by atoms with E-state index in [-0.39, 0.29) is 0 Å². The molecule has 13 heteroatoms. The third-order valence-electron chi connectivity index (χ3n) is 1.11. The Hall–Kier alpha value is -0.760. The minimum Gasteiger partial charge on any atom is -0.344 e. The topological polar surface area (TPSA) is 169 Å². The molecule has 0 rings (SSSR count). The minimum atomic E-state index is -4.75. The summed E-state index contributed by atoms with van der Waals surface area (Å²) in [6, 6.07) is 0. The minimum absolute atomic E-state index is 1.21. The monoisotopic (exact) mass is 312 g/mol. The average Bonchev–Trinajstić information content (AvgIpc) is 1.94. The Morgan fingerprint density at radius 3 is 1.71 bits per heavy atom. The van der Waals surface area contributed by atoms with Gasteiger partial charge in [0.2, 0.25) is 0 Å². The summed E-state index contributed by atoms with van der Waals surface area (Å²) in [5.41, 5.74) is 0. The van der Waals surface area contributed by atoms with Crippen LogP contribution in [0.25, 0.3) is 0 Å². The molecule has 102 valence electrons. The molecule has 0 spiro atoms. The first-order valence-electron chi connectivity index (χ1n) is 3.66. The van der Waals surface area contributed by atoms with Gasteiger partial charge in [0.25, 0.3) is 20.2 Å². The van der Waals surface area contributed by atoms with Gasteiger partial charge in [0.05, 0.1) is 5.75 Å². The van der Waals surface area contributed by atoms with Crippen molar-refractivity contribution in [1.82, 2.24) is 0 Å². The molecule has 10 nitrogen and oxygen atoms in total. The molecule has 0 heterocycles. The first kappa shape index (κ1) is 16.2. The Bertz CT molecular complexity index is 577. The van der Waals surface area contributed by atoms with Crippen molar-refractivity contribution in [2.75, 3.05) is 17.3 Å². The van der Waals surface area contributed by atoms with E-state index in [4.69, 9.17) is 9.11 Å². The third-order valence-corrected chi connectivity index (χ3v) is 3.83. The van der Waals surface area contributed by atoms with Crippen molar-refractivity contribution in [1.29, 1.82) is 0 Å². The van der Waals surface area contributed by atoms with Gasteiger partial charge in [-0.05, 0) is 0 Å². The van der Waals surface area contributed by atoms with Crippen molar-refractivity contribution in [2.45, 2.75) is 0 Å². The van der Waals surface area contributed by atoms with Gasteiger partial charge in [-0.15, -0.1) is 0 Å². The fourth-order valence-corrected chi connectivity index (χ4v) is 3.08. The molecule has 0 amide bonds. The summed E-state index contributed by atoms with van der Waals surface area (Å²) in [5, 5.41) is 0. The van der Waals surface area contributed by atoms with Crippen molar-refractivity contribution >= 4 is 36.3 Å². The zero-order valence-corrected chi connectivity index (χ0v) is 10.5. The molecule has 0 aromatic carbocycles. The second-order valence-corrected chi connectivity index (χ2v) is 7.44. The molecular weight excluding hydrogens is 304 g/mol. The molecule has 0 radical (unpaired) electrons. The van der Waals surface area contributed by atoms with Crippen molar-refractivity contribution in [3.05, 3.63) is 0 Å². The zero-order chi connectivity index (χ0) is 13.9. The highest BCUT2D eigenvalue weighted by Gasteiger charge is 2.23.